The molecule has 2 bridgehead atoms. The molecule has 7 heteroatoms. The number of benzene rings is 1. The summed E-state index contributed by atoms with van der Waals surface area (Å²) in [6.45, 7) is 10.7. The summed E-state index contributed by atoms with van der Waals surface area (Å²) in [5.41, 5.74) is -1.79. The van der Waals surface area contributed by atoms with Crippen LogP contribution in [0.2, 0.25) is 13.1 Å². The molecule has 1 aromatic heterocycles. The number of carbonyl (C=O) groups excluding carboxylic acids is 3. The predicted octanol–water partition coefficient (Wildman–Crippen LogP) is 2.59. The number of hydrogen-bond acceptors (Lipinski definition) is 5. The number of hydrogen-bond donors (Lipinski definition) is 0. The second kappa shape index (κ2) is 7.62. The van der Waals surface area contributed by atoms with Crippen LogP contribution in [-0.2, 0) is 14.3 Å². The Kier molecular flexibility index (Phi) is 5.39. The fourth-order valence-electron chi connectivity index (χ4n) is 5.69. The first-order chi connectivity index (χ1) is 15.4. The highest BCUT2D eigenvalue weighted by Gasteiger charge is 2.74. The molecule has 2 aliphatic rings. The minimum absolute atomic E-state index is 0.273. The highest BCUT2D eigenvalue weighted by atomic mass is 28.3. The zero-order chi connectivity index (χ0) is 24.2. The van der Waals surface area contributed by atoms with Crippen LogP contribution in [0.25, 0.3) is 0 Å². The Bertz CT molecular complexity index is 1140. The number of aromatic nitrogens is 1. The molecule has 33 heavy (non-hydrogen) atoms. The number of cyclic esters (lactones) is 1. The molecule has 0 spiro atoms. The van der Waals surface area contributed by atoms with E-state index in [-0.39, 0.29) is 11.3 Å². The van der Waals surface area contributed by atoms with E-state index in [2.05, 4.69) is 32.2 Å². The van der Waals surface area contributed by atoms with Crippen LogP contribution in [0.5, 0.6) is 0 Å². The topological polar surface area (TPSA) is 73.6 Å². The predicted molar refractivity (Wildman–Crippen MR) is 126 cm³/mol. The highest BCUT2D eigenvalue weighted by Crippen LogP contribution is 2.65. The van der Waals surface area contributed by atoms with Crippen molar-refractivity contribution in [3.05, 3.63) is 54.4 Å². The van der Waals surface area contributed by atoms with E-state index in [4.69, 9.17) is 9.47 Å². The van der Waals surface area contributed by atoms with Crippen molar-refractivity contribution >= 4 is 36.3 Å². The summed E-state index contributed by atoms with van der Waals surface area (Å²) in [6.07, 6.45) is 4.39. The van der Waals surface area contributed by atoms with Crippen LogP contribution in [-0.4, -0.2) is 39.6 Å². The number of nitrogens with zero attached hydrogens (tertiary/aromatic N) is 1. The van der Waals surface area contributed by atoms with Gasteiger partial charge in [-0.25, -0.2) is 9.59 Å². The van der Waals surface area contributed by atoms with Gasteiger partial charge in [0.15, 0.2) is 17.8 Å². The van der Waals surface area contributed by atoms with Crippen molar-refractivity contribution in [1.29, 1.82) is 0 Å². The SMILES string of the molecule is COC(=O)c1c[n+](C(=O)[C@@]23CC[C@@](C)(COC2=O)C3(C)C)ccc1[Si](C)(C)c1ccccc1. The van der Waals surface area contributed by atoms with Crippen molar-refractivity contribution in [2.45, 2.75) is 46.7 Å². The summed E-state index contributed by atoms with van der Waals surface area (Å²) < 4.78 is 12.0. The molecule has 6 nitrogen and oxygen atoms in total. The first kappa shape index (κ1) is 23.4. The molecule has 1 aromatic carbocycles. The molecule has 2 aromatic rings. The van der Waals surface area contributed by atoms with Crippen LogP contribution in [0.4, 0.5) is 0 Å². The maximum absolute atomic E-state index is 14.0. The van der Waals surface area contributed by atoms with Crippen LogP contribution in [0.15, 0.2) is 48.8 Å². The number of rotatable bonds is 4. The van der Waals surface area contributed by atoms with Gasteiger partial charge in [-0.1, -0.05) is 69.4 Å². The Morgan fingerprint density at radius 3 is 2.36 bits per heavy atom. The van der Waals surface area contributed by atoms with Gasteiger partial charge in [-0.3, -0.25) is 4.79 Å². The van der Waals surface area contributed by atoms with Gasteiger partial charge in [0.25, 0.3) is 0 Å². The lowest BCUT2D eigenvalue weighted by Gasteiger charge is -2.48. The van der Waals surface area contributed by atoms with Crippen molar-refractivity contribution in [2.24, 2.45) is 16.2 Å². The largest absolute Gasteiger partial charge is 0.465 e. The standard InChI is InChI=1S/C26H32NO5Si/c1-24(2)25(3)13-14-26(24,23(30)32-17-25)22(29)27-15-12-20(19(16-27)21(28)31-4)33(5,6)18-10-8-7-9-11-18/h7-12,15-16H,13-14,17H2,1-6H3/q+1/t25-,26-/m0/s1. The molecule has 1 saturated heterocycles. The third-order valence-corrected chi connectivity index (χ3v) is 12.2. The van der Waals surface area contributed by atoms with E-state index in [1.54, 1.807) is 12.4 Å². The van der Waals surface area contributed by atoms with Gasteiger partial charge in [0.05, 0.1) is 13.7 Å². The van der Waals surface area contributed by atoms with E-state index in [1.165, 1.54) is 16.9 Å². The van der Waals surface area contributed by atoms with Crippen LogP contribution in [0.1, 0.15) is 48.8 Å². The van der Waals surface area contributed by atoms with Gasteiger partial charge in [0, 0.05) is 16.9 Å². The summed E-state index contributed by atoms with van der Waals surface area (Å²) in [6, 6.07) is 11.9. The third kappa shape index (κ3) is 3.12. The maximum Gasteiger partial charge on any atom is 0.410 e. The Labute approximate surface area is 195 Å². The molecule has 4 rings (SSSR count). The average Bonchev–Trinajstić information content (AvgIpc) is 2.91. The lowest BCUT2D eigenvalue weighted by molar-refractivity contribution is -0.581. The molecule has 1 aliphatic carbocycles. The first-order valence-corrected chi connectivity index (χ1v) is 14.3. The number of fused-ring (bicyclic) bond motifs is 2. The monoisotopic (exact) mass is 466 g/mol. The van der Waals surface area contributed by atoms with Crippen molar-refractivity contribution < 1.29 is 28.4 Å². The molecule has 2 atom stereocenters. The second-order valence-corrected chi connectivity index (χ2v) is 15.0. The smallest absolute Gasteiger partial charge is 0.410 e. The average molecular weight is 467 g/mol. The summed E-state index contributed by atoms with van der Waals surface area (Å²) in [4.78, 5) is 39.9. The summed E-state index contributed by atoms with van der Waals surface area (Å²) in [5.74, 6) is -1.32. The van der Waals surface area contributed by atoms with Crippen LogP contribution in [0, 0.1) is 16.2 Å². The summed E-state index contributed by atoms with van der Waals surface area (Å²) >= 11 is 0. The fourth-order valence-corrected chi connectivity index (χ4v) is 8.36. The van der Waals surface area contributed by atoms with Gasteiger partial charge in [0.2, 0.25) is 0 Å². The quantitative estimate of drug-likeness (QED) is 0.300. The number of pyridine rings is 1. The zero-order valence-corrected chi connectivity index (χ0v) is 21.2. The van der Waals surface area contributed by atoms with Crippen LogP contribution in [0.3, 0.4) is 0 Å². The molecule has 0 N–H and O–H groups in total. The number of esters is 2. The van der Waals surface area contributed by atoms with Gasteiger partial charge < -0.3 is 9.47 Å². The molecule has 0 unspecified atom stereocenters. The Morgan fingerprint density at radius 1 is 1.06 bits per heavy atom. The van der Waals surface area contributed by atoms with Gasteiger partial charge in [0.1, 0.15) is 13.6 Å². The minimum Gasteiger partial charge on any atom is -0.465 e. The minimum atomic E-state index is -2.27. The molecule has 1 saturated carbocycles. The maximum atomic E-state index is 14.0. The van der Waals surface area contributed by atoms with Gasteiger partial charge in [-0.05, 0) is 18.0 Å². The highest BCUT2D eigenvalue weighted by molar-refractivity contribution is 7.01. The summed E-state index contributed by atoms with van der Waals surface area (Å²) in [5, 5.41) is 2.05. The number of methoxy groups -OCH3 is 1. The Balaban J connectivity index is 1.84. The molecular formula is C26H32NO5Si+. The zero-order valence-electron chi connectivity index (χ0n) is 20.2. The first-order valence-electron chi connectivity index (χ1n) is 11.3. The fraction of sp³-hybridized carbons (Fsp3) is 0.462. The molecule has 174 valence electrons. The van der Waals surface area contributed by atoms with Gasteiger partial charge in [-0.2, -0.15) is 0 Å². The molecular weight excluding hydrogens is 434 g/mol. The normalized spacial score (nSPS) is 25.9. The van der Waals surface area contributed by atoms with E-state index in [9.17, 15) is 14.4 Å². The Hall–Kier alpha value is -2.80. The lowest BCUT2D eigenvalue weighted by Crippen LogP contribution is -2.65. The number of carbonyl (C=O) groups is 3. The van der Waals surface area contributed by atoms with E-state index in [0.717, 1.165) is 11.6 Å². The number of ether oxygens (including phenoxy) is 2. The van der Waals surface area contributed by atoms with E-state index >= 15 is 0 Å². The van der Waals surface area contributed by atoms with E-state index in [1.807, 2.05) is 38.1 Å². The van der Waals surface area contributed by atoms with Crippen LogP contribution >= 0.6 is 0 Å². The molecule has 2 fully saturated rings. The van der Waals surface area contributed by atoms with Crippen molar-refractivity contribution in [3.8, 4) is 0 Å². The molecule has 0 radical (unpaired) electrons. The lowest BCUT2D eigenvalue weighted by atomic mass is 9.57. The van der Waals surface area contributed by atoms with Crippen molar-refractivity contribution in [1.82, 2.24) is 0 Å². The second-order valence-electron chi connectivity index (χ2n) is 10.6. The van der Waals surface area contributed by atoms with Crippen molar-refractivity contribution in [3.63, 3.8) is 0 Å². The molecule has 0 amide bonds. The third-order valence-electron chi connectivity index (χ3n) is 8.63. The van der Waals surface area contributed by atoms with E-state index < -0.39 is 30.8 Å². The van der Waals surface area contributed by atoms with Gasteiger partial charge >= 0.3 is 17.8 Å². The Morgan fingerprint density at radius 2 is 1.73 bits per heavy atom. The van der Waals surface area contributed by atoms with Crippen LogP contribution < -0.4 is 14.9 Å². The van der Waals surface area contributed by atoms with E-state index in [0.29, 0.717) is 18.6 Å². The summed E-state index contributed by atoms with van der Waals surface area (Å²) in [7, 11) is -0.928. The van der Waals surface area contributed by atoms with Crippen molar-refractivity contribution in [2.75, 3.05) is 13.7 Å². The molecule has 1 aliphatic heterocycles. The molecule has 2 heterocycles. The van der Waals surface area contributed by atoms with Gasteiger partial charge in [-0.15, -0.1) is 4.57 Å².